The maximum Gasteiger partial charge on any atom is 0.274 e. The topological polar surface area (TPSA) is 69.2 Å². The number of halogens is 2. The first-order chi connectivity index (χ1) is 9.97. The Labute approximate surface area is 126 Å². The van der Waals surface area contributed by atoms with Gasteiger partial charge in [0.1, 0.15) is 5.82 Å². The van der Waals surface area contributed by atoms with Crippen molar-refractivity contribution in [1.29, 1.82) is 0 Å². The summed E-state index contributed by atoms with van der Waals surface area (Å²) in [6, 6.07) is 10.2. The van der Waals surface area contributed by atoms with E-state index in [-0.39, 0.29) is 24.0 Å². The van der Waals surface area contributed by atoms with Crippen LogP contribution in [0.3, 0.4) is 0 Å². The number of nitrogens with two attached hydrogens (primary N) is 1. The number of benzene rings is 2. The molecule has 0 heterocycles. The number of hydrogen-bond donors (Lipinski definition) is 1. The Bertz CT molecular complexity index is 647. The molecule has 0 fully saturated rings. The number of nitrogens with zero attached hydrogens (tertiary/aromatic N) is 1. The smallest absolute Gasteiger partial charge is 0.274 e. The molecule has 0 amide bonds. The SMILES string of the molecule is NC(Cc1ccc(F)cc1)Cc1c(Cl)cccc1[N+](=O)[O-]. The summed E-state index contributed by atoms with van der Waals surface area (Å²) in [7, 11) is 0. The van der Waals surface area contributed by atoms with Crippen LogP contribution in [-0.4, -0.2) is 11.0 Å². The Morgan fingerprint density at radius 1 is 1.19 bits per heavy atom. The molecule has 110 valence electrons. The van der Waals surface area contributed by atoms with Crippen molar-refractivity contribution in [2.24, 2.45) is 5.73 Å². The van der Waals surface area contributed by atoms with Gasteiger partial charge >= 0.3 is 0 Å². The van der Waals surface area contributed by atoms with Crippen LogP contribution < -0.4 is 5.73 Å². The van der Waals surface area contributed by atoms with Crippen molar-refractivity contribution in [3.05, 3.63) is 74.5 Å². The lowest BCUT2D eigenvalue weighted by molar-refractivity contribution is -0.385. The summed E-state index contributed by atoms with van der Waals surface area (Å²) >= 11 is 6.03. The fourth-order valence-corrected chi connectivity index (χ4v) is 2.42. The third-order valence-corrected chi connectivity index (χ3v) is 3.52. The predicted molar refractivity (Wildman–Crippen MR) is 79.9 cm³/mol. The van der Waals surface area contributed by atoms with E-state index in [0.717, 1.165) is 5.56 Å². The van der Waals surface area contributed by atoms with Crippen molar-refractivity contribution in [3.8, 4) is 0 Å². The highest BCUT2D eigenvalue weighted by molar-refractivity contribution is 6.31. The van der Waals surface area contributed by atoms with Crippen LogP contribution in [-0.2, 0) is 12.8 Å². The minimum atomic E-state index is -0.466. The fourth-order valence-electron chi connectivity index (χ4n) is 2.18. The fraction of sp³-hybridized carbons (Fsp3) is 0.200. The third kappa shape index (κ3) is 4.00. The molecule has 4 nitrogen and oxygen atoms in total. The molecule has 0 radical (unpaired) electrons. The van der Waals surface area contributed by atoms with E-state index in [4.69, 9.17) is 17.3 Å². The number of hydrogen-bond acceptors (Lipinski definition) is 3. The summed E-state index contributed by atoms with van der Waals surface area (Å²) in [6.45, 7) is 0. The molecule has 1 unspecified atom stereocenters. The van der Waals surface area contributed by atoms with E-state index in [2.05, 4.69) is 0 Å². The number of rotatable bonds is 5. The molecule has 2 rings (SSSR count). The van der Waals surface area contributed by atoms with Crippen molar-refractivity contribution in [2.45, 2.75) is 18.9 Å². The van der Waals surface area contributed by atoms with Crippen LogP contribution in [0.15, 0.2) is 42.5 Å². The first kappa shape index (κ1) is 15.4. The molecule has 2 aromatic rings. The highest BCUT2D eigenvalue weighted by Crippen LogP contribution is 2.27. The van der Waals surface area contributed by atoms with Crippen LogP contribution in [0.2, 0.25) is 5.02 Å². The van der Waals surface area contributed by atoms with E-state index < -0.39 is 4.92 Å². The summed E-state index contributed by atoms with van der Waals surface area (Å²) in [6.07, 6.45) is 0.774. The minimum Gasteiger partial charge on any atom is -0.327 e. The average molecular weight is 309 g/mol. The molecule has 0 saturated heterocycles. The minimum absolute atomic E-state index is 0.0305. The zero-order chi connectivity index (χ0) is 15.4. The van der Waals surface area contributed by atoms with E-state index in [1.807, 2.05) is 0 Å². The summed E-state index contributed by atoms with van der Waals surface area (Å²) < 4.78 is 12.8. The van der Waals surface area contributed by atoms with Gasteiger partial charge in [0.2, 0.25) is 0 Å². The van der Waals surface area contributed by atoms with Gasteiger partial charge in [0, 0.05) is 17.7 Å². The van der Waals surface area contributed by atoms with E-state index >= 15 is 0 Å². The Morgan fingerprint density at radius 3 is 2.48 bits per heavy atom. The average Bonchev–Trinajstić information content (AvgIpc) is 2.43. The normalized spacial score (nSPS) is 12.1. The standard InChI is InChI=1S/C15H14ClFN2O2/c16-14-2-1-3-15(19(20)21)13(14)9-12(18)8-10-4-6-11(17)7-5-10/h1-7,12H,8-9,18H2. The molecule has 0 aromatic heterocycles. The highest BCUT2D eigenvalue weighted by Gasteiger charge is 2.19. The second-order valence-electron chi connectivity index (χ2n) is 4.79. The molecule has 0 aliphatic heterocycles. The molecular weight excluding hydrogens is 295 g/mol. The van der Waals surface area contributed by atoms with Gasteiger partial charge in [-0.25, -0.2) is 4.39 Å². The molecule has 1 atom stereocenters. The summed E-state index contributed by atoms with van der Waals surface area (Å²) in [5, 5.41) is 11.3. The summed E-state index contributed by atoms with van der Waals surface area (Å²) in [4.78, 5) is 10.5. The molecule has 0 spiro atoms. The van der Waals surface area contributed by atoms with Gasteiger partial charge in [0.25, 0.3) is 5.69 Å². The Morgan fingerprint density at radius 2 is 1.86 bits per heavy atom. The number of nitro groups is 1. The van der Waals surface area contributed by atoms with Gasteiger partial charge in [0.15, 0.2) is 0 Å². The lowest BCUT2D eigenvalue weighted by Crippen LogP contribution is -2.26. The van der Waals surface area contributed by atoms with Gasteiger partial charge in [-0.2, -0.15) is 0 Å². The first-order valence-electron chi connectivity index (χ1n) is 6.39. The van der Waals surface area contributed by atoms with Gasteiger partial charge < -0.3 is 5.73 Å². The van der Waals surface area contributed by atoms with Crippen molar-refractivity contribution >= 4 is 17.3 Å². The van der Waals surface area contributed by atoms with Crippen LogP contribution in [0.4, 0.5) is 10.1 Å². The Hall–Kier alpha value is -1.98. The van der Waals surface area contributed by atoms with Crippen molar-refractivity contribution in [1.82, 2.24) is 0 Å². The highest BCUT2D eigenvalue weighted by atomic mass is 35.5. The van der Waals surface area contributed by atoms with Crippen LogP contribution >= 0.6 is 11.6 Å². The monoisotopic (exact) mass is 308 g/mol. The van der Waals surface area contributed by atoms with Gasteiger partial charge in [0.05, 0.1) is 9.95 Å². The summed E-state index contributed by atoms with van der Waals surface area (Å²) in [5.41, 5.74) is 7.31. The molecule has 0 aliphatic carbocycles. The predicted octanol–water partition coefficient (Wildman–Crippen LogP) is 3.50. The molecule has 0 saturated carbocycles. The lowest BCUT2D eigenvalue weighted by Gasteiger charge is -2.13. The largest absolute Gasteiger partial charge is 0.327 e. The Balaban J connectivity index is 2.14. The van der Waals surface area contributed by atoms with E-state index in [0.29, 0.717) is 17.0 Å². The van der Waals surface area contributed by atoms with E-state index in [1.54, 1.807) is 18.2 Å². The van der Waals surface area contributed by atoms with Crippen LogP contribution in [0.25, 0.3) is 0 Å². The first-order valence-corrected chi connectivity index (χ1v) is 6.77. The second kappa shape index (κ2) is 6.65. The van der Waals surface area contributed by atoms with Gasteiger partial charge in [-0.05, 0) is 36.6 Å². The van der Waals surface area contributed by atoms with Gasteiger partial charge in [-0.15, -0.1) is 0 Å². The van der Waals surface area contributed by atoms with E-state index in [9.17, 15) is 14.5 Å². The quantitative estimate of drug-likeness (QED) is 0.679. The molecule has 21 heavy (non-hydrogen) atoms. The van der Waals surface area contributed by atoms with E-state index in [1.165, 1.54) is 24.3 Å². The molecule has 2 N–H and O–H groups in total. The molecule has 0 aliphatic rings. The van der Waals surface area contributed by atoms with Crippen molar-refractivity contribution in [3.63, 3.8) is 0 Å². The summed E-state index contributed by atoms with van der Waals surface area (Å²) in [5.74, 6) is -0.311. The lowest BCUT2D eigenvalue weighted by atomic mass is 9.98. The zero-order valence-electron chi connectivity index (χ0n) is 11.1. The second-order valence-corrected chi connectivity index (χ2v) is 5.20. The van der Waals surface area contributed by atoms with Gasteiger partial charge in [-0.3, -0.25) is 10.1 Å². The maximum atomic E-state index is 12.8. The maximum absolute atomic E-state index is 12.8. The molecular formula is C15H14ClFN2O2. The molecule has 6 heteroatoms. The third-order valence-electron chi connectivity index (χ3n) is 3.17. The van der Waals surface area contributed by atoms with Crippen molar-refractivity contribution < 1.29 is 9.31 Å². The van der Waals surface area contributed by atoms with Gasteiger partial charge in [-0.1, -0.05) is 29.8 Å². The number of nitro benzene ring substituents is 1. The van der Waals surface area contributed by atoms with Crippen molar-refractivity contribution in [2.75, 3.05) is 0 Å². The zero-order valence-corrected chi connectivity index (χ0v) is 11.9. The van der Waals surface area contributed by atoms with Crippen LogP contribution in [0.5, 0.6) is 0 Å². The van der Waals surface area contributed by atoms with Crippen LogP contribution in [0.1, 0.15) is 11.1 Å². The van der Waals surface area contributed by atoms with Crippen LogP contribution in [0, 0.1) is 15.9 Å². The Kier molecular flexibility index (Phi) is 4.88. The molecule has 2 aromatic carbocycles. The molecule has 0 bridgehead atoms.